The number of amides is 2. The number of carbonyl (C=O) groups excluding carboxylic acids is 2. The van der Waals surface area contributed by atoms with Crippen LogP contribution in [-0.4, -0.2) is 30.9 Å². The molecule has 0 aliphatic carbocycles. The van der Waals surface area contributed by atoms with E-state index in [0.717, 1.165) is 16.7 Å². The van der Waals surface area contributed by atoms with Gasteiger partial charge in [0.2, 0.25) is 0 Å². The van der Waals surface area contributed by atoms with Gasteiger partial charge in [-0.3, -0.25) is 14.5 Å². The van der Waals surface area contributed by atoms with Crippen molar-refractivity contribution in [3.8, 4) is 11.5 Å². The number of hydrogen-bond acceptors (Lipinski definition) is 5. The van der Waals surface area contributed by atoms with Crippen LogP contribution in [0.5, 0.6) is 11.5 Å². The van der Waals surface area contributed by atoms with E-state index < -0.39 is 0 Å². The number of benzene rings is 3. The first-order chi connectivity index (χ1) is 15.9. The Morgan fingerprint density at radius 2 is 1.58 bits per heavy atom. The highest BCUT2D eigenvalue weighted by Crippen LogP contribution is 2.36. The second-order valence-electron chi connectivity index (χ2n) is 7.92. The van der Waals surface area contributed by atoms with E-state index in [1.807, 2.05) is 62.4 Å². The fourth-order valence-corrected chi connectivity index (χ4v) is 3.80. The third-order valence-electron chi connectivity index (χ3n) is 5.82. The molecule has 0 saturated carbocycles. The summed E-state index contributed by atoms with van der Waals surface area (Å²) < 4.78 is 10.8. The van der Waals surface area contributed by atoms with Crippen molar-refractivity contribution in [3.63, 3.8) is 0 Å². The van der Waals surface area contributed by atoms with Crippen LogP contribution in [0, 0.1) is 13.8 Å². The predicted molar refractivity (Wildman–Crippen MR) is 128 cm³/mol. The molecule has 1 aliphatic rings. The van der Waals surface area contributed by atoms with Gasteiger partial charge in [-0.25, -0.2) is 0 Å². The number of nitrogens with one attached hydrogen (secondary N) is 1. The van der Waals surface area contributed by atoms with Crippen LogP contribution in [0.4, 0.5) is 5.69 Å². The van der Waals surface area contributed by atoms with E-state index in [1.165, 1.54) is 4.90 Å². The number of aryl methyl sites for hydroxylation is 2. The summed E-state index contributed by atoms with van der Waals surface area (Å²) in [5.41, 5.74) is 4.87. The maximum atomic E-state index is 13.5. The van der Waals surface area contributed by atoms with Crippen LogP contribution in [0.1, 0.15) is 22.3 Å². The SMILES string of the molecule is COc1ccc(NC2=C(c3ccc(C)c(C)c3)C(=O)N(Cc3ccccc3)C2=O)c(OC)c1. The van der Waals surface area contributed by atoms with Crippen molar-refractivity contribution in [2.75, 3.05) is 19.5 Å². The first kappa shape index (κ1) is 22.1. The minimum atomic E-state index is -0.380. The quantitative estimate of drug-likeness (QED) is 0.537. The summed E-state index contributed by atoms with van der Waals surface area (Å²) in [6, 6.07) is 20.5. The van der Waals surface area contributed by atoms with Gasteiger partial charge in [-0.2, -0.15) is 0 Å². The molecule has 168 valence electrons. The highest BCUT2D eigenvalue weighted by Gasteiger charge is 2.39. The molecule has 4 rings (SSSR count). The number of methoxy groups -OCH3 is 2. The largest absolute Gasteiger partial charge is 0.497 e. The van der Waals surface area contributed by atoms with Crippen LogP contribution in [-0.2, 0) is 16.1 Å². The summed E-state index contributed by atoms with van der Waals surface area (Å²) in [4.78, 5) is 28.3. The summed E-state index contributed by atoms with van der Waals surface area (Å²) in [6.45, 7) is 4.19. The van der Waals surface area contributed by atoms with Gasteiger partial charge in [0.1, 0.15) is 17.2 Å². The first-order valence-corrected chi connectivity index (χ1v) is 10.6. The van der Waals surface area contributed by atoms with E-state index in [9.17, 15) is 9.59 Å². The van der Waals surface area contributed by atoms with E-state index >= 15 is 0 Å². The molecule has 0 aromatic heterocycles. The lowest BCUT2D eigenvalue weighted by molar-refractivity contribution is -0.137. The predicted octanol–water partition coefficient (Wildman–Crippen LogP) is 4.71. The van der Waals surface area contributed by atoms with E-state index in [0.29, 0.717) is 28.3 Å². The fourth-order valence-electron chi connectivity index (χ4n) is 3.80. The number of nitrogens with zero attached hydrogens (tertiary/aromatic N) is 1. The van der Waals surface area contributed by atoms with Gasteiger partial charge in [-0.1, -0.05) is 48.5 Å². The highest BCUT2D eigenvalue weighted by atomic mass is 16.5. The van der Waals surface area contributed by atoms with Crippen molar-refractivity contribution in [3.05, 3.63) is 94.7 Å². The monoisotopic (exact) mass is 442 g/mol. The van der Waals surface area contributed by atoms with Crippen LogP contribution in [0.2, 0.25) is 0 Å². The lowest BCUT2D eigenvalue weighted by Crippen LogP contribution is -2.32. The van der Waals surface area contributed by atoms with Gasteiger partial charge in [-0.15, -0.1) is 0 Å². The molecular formula is C27H26N2O4. The Hall–Kier alpha value is -4.06. The van der Waals surface area contributed by atoms with Crippen LogP contribution < -0.4 is 14.8 Å². The summed E-state index contributed by atoms with van der Waals surface area (Å²) >= 11 is 0. The van der Waals surface area contributed by atoms with E-state index in [-0.39, 0.29) is 24.1 Å². The molecule has 0 radical (unpaired) electrons. The Bertz CT molecular complexity index is 1250. The molecular weight excluding hydrogens is 416 g/mol. The van der Waals surface area contributed by atoms with Crippen molar-refractivity contribution in [1.29, 1.82) is 0 Å². The maximum absolute atomic E-state index is 13.5. The smallest absolute Gasteiger partial charge is 0.278 e. The molecule has 1 heterocycles. The molecule has 0 bridgehead atoms. The number of imide groups is 1. The number of ether oxygens (including phenoxy) is 2. The third-order valence-corrected chi connectivity index (χ3v) is 5.82. The lowest BCUT2D eigenvalue weighted by Gasteiger charge is -2.16. The van der Waals surface area contributed by atoms with Gasteiger partial charge >= 0.3 is 0 Å². The molecule has 1 aliphatic heterocycles. The Labute approximate surface area is 193 Å². The lowest BCUT2D eigenvalue weighted by atomic mass is 9.99. The molecule has 0 saturated heterocycles. The molecule has 0 spiro atoms. The molecule has 6 heteroatoms. The van der Waals surface area contributed by atoms with Crippen molar-refractivity contribution < 1.29 is 19.1 Å². The van der Waals surface area contributed by atoms with Crippen LogP contribution in [0.25, 0.3) is 5.57 Å². The fraction of sp³-hybridized carbons (Fsp3) is 0.185. The topological polar surface area (TPSA) is 67.9 Å². The minimum absolute atomic E-state index is 0.192. The zero-order chi connectivity index (χ0) is 23.5. The van der Waals surface area contributed by atoms with E-state index in [2.05, 4.69) is 5.32 Å². The van der Waals surface area contributed by atoms with Crippen LogP contribution >= 0.6 is 0 Å². The summed E-state index contributed by atoms with van der Waals surface area (Å²) in [5, 5.41) is 3.18. The summed E-state index contributed by atoms with van der Waals surface area (Å²) in [5.74, 6) is 0.417. The Balaban J connectivity index is 1.79. The third kappa shape index (κ3) is 4.32. The first-order valence-electron chi connectivity index (χ1n) is 10.6. The van der Waals surface area contributed by atoms with Crippen molar-refractivity contribution in [1.82, 2.24) is 4.90 Å². The molecule has 1 N–H and O–H groups in total. The Kier molecular flexibility index (Phi) is 6.18. The second kappa shape index (κ2) is 9.20. The van der Waals surface area contributed by atoms with Gasteiger partial charge < -0.3 is 14.8 Å². The molecule has 6 nitrogen and oxygen atoms in total. The molecule has 2 amide bonds. The Morgan fingerprint density at radius 3 is 2.24 bits per heavy atom. The molecule has 3 aromatic rings. The minimum Gasteiger partial charge on any atom is -0.497 e. The maximum Gasteiger partial charge on any atom is 0.278 e. The standard InChI is InChI=1S/C27H26N2O4/c1-17-10-11-20(14-18(17)2)24-25(28-22-13-12-21(32-3)15-23(22)33-4)27(31)29(26(24)30)16-19-8-6-5-7-9-19/h5-15,28H,16H2,1-4H3. The normalized spacial score (nSPS) is 13.5. The number of hydrogen-bond donors (Lipinski definition) is 1. The molecule has 0 fully saturated rings. The van der Waals surface area contributed by atoms with Crippen LogP contribution in [0.3, 0.4) is 0 Å². The average Bonchev–Trinajstić information content (AvgIpc) is 3.06. The summed E-state index contributed by atoms with van der Waals surface area (Å²) in [7, 11) is 3.12. The van der Waals surface area contributed by atoms with Crippen LogP contribution in [0.15, 0.2) is 72.4 Å². The molecule has 3 aromatic carbocycles. The average molecular weight is 443 g/mol. The zero-order valence-corrected chi connectivity index (χ0v) is 19.1. The van der Waals surface area contributed by atoms with E-state index in [1.54, 1.807) is 32.4 Å². The number of carbonyl (C=O) groups is 2. The van der Waals surface area contributed by atoms with Gasteiger partial charge in [-0.05, 0) is 48.2 Å². The van der Waals surface area contributed by atoms with Crippen molar-refractivity contribution in [2.24, 2.45) is 0 Å². The van der Waals surface area contributed by atoms with E-state index in [4.69, 9.17) is 9.47 Å². The van der Waals surface area contributed by atoms with Gasteiger partial charge in [0.05, 0.1) is 32.0 Å². The Morgan fingerprint density at radius 1 is 0.818 bits per heavy atom. The number of anilines is 1. The van der Waals surface area contributed by atoms with Gasteiger partial charge in [0.25, 0.3) is 11.8 Å². The zero-order valence-electron chi connectivity index (χ0n) is 19.1. The highest BCUT2D eigenvalue weighted by molar-refractivity contribution is 6.36. The summed E-state index contributed by atoms with van der Waals surface area (Å²) in [6.07, 6.45) is 0. The van der Waals surface area contributed by atoms with Gasteiger partial charge in [0.15, 0.2) is 0 Å². The van der Waals surface area contributed by atoms with Crippen molar-refractivity contribution in [2.45, 2.75) is 20.4 Å². The molecule has 33 heavy (non-hydrogen) atoms. The molecule has 0 atom stereocenters. The molecule has 0 unspecified atom stereocenters. The number of rotatable bonds is 7. The van der Waals surface area contributed by atoms with Crippen molar-refractivity contribution >= 4 is 23.1 Å². The second-order valence-corrected chi connectivity index (χ2v) is 7.92. The van der Waals surface area contributed by atoms with Gasteiger partial charge in [0, 0.05) is 6.07 Å².